The first kappa shape index (κ1) is 23.6. The maximum absolute atomic E-state index is 12.8. The van der Waals surface area contributed by atoms with Crippen LogP contribution in [0.5, 0.6) is 0 Å². The molecule has 164 valence electrons. The van der Waals surface area contributed by atoms with Gasteiger partial charge in [-0.3, -0.25) is 0 Å². The summed E-state index contributed by atoms with van der Waals surface area (Å²) in [5.41, 5.74) is 1.00. The lowest BCUT2D eigenvalue weighted by molar-refractivity contribution is 0.109. The number of nitrogens with one attached hydrogen (secondary N) is 1. The molecule has 1 aromatic heterocycles. The second kappa shape index (κ2) is 10.5. The van der Waals surface area contributed by atoms with E-state index in [2.05, 4.69) is 21.2 Å². The highest BCUT2D eigenvalue weighted by Crippen LogP contribution is 2.40. The summed E-state index contributed by atoms with van der Waals surface area (Å²) in [6, 6.07) is 6.14. The van der Waals surface area contributed by atoms with E-state index in [0.29, 0.717) is 5.92 Å². The molecule has 0 radical (unpaired) electrons. The van der Waals surface area contributed by atoms with Gasteiger partial charge in [0.05, 0.1) is 16.0 Å². The maximum atomic E-state index is 12.8. The Kier molecular flexibility index (Phi) is 8.24. The molecule has 1 aliphatic carbocycles. The van der Waals surface area contributed by atoms with E-state index >= 15 is 0 Å². The third-order valence-electron chi connectivity index (χ3n) is 5.12. The summed E-state index contributed by atoms with van der Waals surface area (Å²) in [6.45, 7) is 7.65. The molecule has 1 heterocycles. The number of rotatable bonds is 6. The minimum absolute atomic E-state index is 0.0515. The van der Waals surface area contributed by atoms with Crippen LogP contribution in [0, 0.1) is 0 Å². The zero-order valence-corrected chi connectivity index (χ0v) is 21.0. The fourth-order valence-electron chi connectivity index (χ4n) is 3.62. The summed E-state index contributed by atoms with van der Waals surface area (Å²) < 4.78 is 18.9. The van der Waals surface area contributed by atoms with Crippen molar-refractivity contribution in [1.82, 2.24) is 10.3 Å². The number of carbonyl (C=O) groups is 1. The molecule has 2 aromatic rings. The first-order valence-corrected chi connectivity index (χ1v) is 13.2. The van der Waals surface area contributed by atoms with Gasteiger partial charge in [0.1, 0.15) is 5.25 Å². The molecule has 30 heavy (non-hydrogen) atoms. The molecular formula is C22H29BrN2O3S2. The first-order chi connectivity index (χ1) is 14.2. The highest BCUT2D eigenvalue weighted by molar-refractivity contribution is 9.10. The van der Waals surface area contributed by atoms with Crippen molar-refractivity contribution in [3.05, 3.63) is 33.9 Å². The average Bonchev–Trinajstić information content (AvgIpc) is 3.17. The van der Waals surface area contributed by atoms with E-state index in [0.717, 1.165) is 50.5 Å². The first-order valence-electron chi connectivity index (χ1n) is 10.4. The molecule has 5 nitrogen and oxygen atoms in total. The largest absolute Gasteiger partial charge is 0.611 e. The molecule has 3 rings (SSSR count). The molecule has 1 saturated carbocycles. The molecule has 8 heteroatoms. The predicted molar refractivity (Wildman–Crippen MR) is 127 cm³/mol. The molecule has 0 spiro atoms. The van der Waals surface area contributed by atoms with E-state index in [1.165, 1.54) is 0 Å². The number of alkyl carbamates (subject to hydrolysis) is 1. The van der Waals surface area contributed by atoms with Gasteiger partial charge in [0.2, 0.25) is 0 Å². The second-order valence-corrected chi connectivity index (χ2v) is 12.2. The number of amides is 1. The number of carbonyl (C=O) groups excluding carboxylic acids is 1. The Hall–Kier alpha value is -1.09. The zero-order chi connectivity index (χ0) is 21.8. The molecule has 1 atom stereocenters. The van der Waals surface area contributed by atoms with E-state index in [-0.39, 0.29) is 23.5 Å². The fraction of sp³-hybridized carbons (Fsp3) is 0.545. The number of thiazole rings is 1. The number of benzene rings is 1. The molecule has 1 fully saturated rings. The van der Waals surface area contributed by atoms with E-state index < -0.39 is 11.2 Å². The van der Waals surface area contributed by atoms with Crippen LogP contribution in [0.2, 0.25) is 0 Å². The number of hydrogen-bond donors (Lipinski definition) is 1. The Morgan fingerprint density at radius 1 is 1.27 bits per heavy atom. The number of nitrogens with zero attached hydrogens (tertiary/aromatic N) is 1. The maximum Gasteiger partial charge on any atom is 0.407 e. The minimum Gasteiger partial charge on any atom is -0.611 e. The summed E-state index contributed by atoms with van der Waals surface area (Å²) in [4.78, 5) is 18.4. The monoisotopic (exact) mass is 512 g/mol. The third-order valence-corrected chi connectivity index (χ3v) is 8.43. The van der Waals surface area contributed by atoms with Crippen molar-refractivity contribution in [1.29, 1.82) is 0 Å². The van der Waals surface area contributed by atoms with Gasteiger partial charge in [-0.05, 0) is 76.7 Å². The lowest BCUT2D eigenvalue weighted by Crippen LogP contribution is -2.38. The summed E-state index contributed by atoms with van der Waals surface area (Å²) in [5.74, 6) is 0.400. The van der Waals surface area contributed by atoms with Crippen molar-refractivity contribution in [2.75, 3.05) is 0 Å². The number of aromatic nitrogens is 1. The lowest BCUT2D eigenvalue weighted by Gasteiger charge is -2.28. The van der Waals surface area contributed by atoms with Crippen LogP contribution in [-0.4, -0.2) is 33.0 Å². The van der Waals surface area contributed by atoms with E-state index in [1.54, 1.807) is 11.3 Å². The molecule has 0 aliphatic heterocycles. The molecule has 0 saturated heterocycles. The van der Waals surface area contributed by atoms with Crippen molar-refractivity contribution >= 4 is 44.5 Å². The fourth-order valence-corrected chi connectivity index (χ4v) is 6.47. The Balaban J connectivity index is 1.68. The standard InChI is InChI=1S/C22H29BrN2O3S2/c1-13(2)28-22(26)25-17-8-5-15(6-9-17)21-24-12-19(29-21)18-10-7-16(23)11-20(18)30(27)14(3)4/h7,10-15,17H,5-6,8-9H2,1-4H3,(H,25,26)/t15-,17-,30?. The molecule has 0 bridgehead atoms. The molecule has 1 N–H and O–H groups in total. The van der Waals surface area contributed by atoms with Crippen LogP contribution in [-0.2, 0) is 15.9 Å². The SMILES string of the molecule is CC(C)OC(=O)N[C@H]1CC[C@H](c2ncc(-c3ccc(Br)cc3[S+]([O-])C(C)C)s2)CC1. The number of halogens is 1. The van der Waals surface area contributed by atoms with E-state index in [1.807, 2.05) is 52.1 Å². The summed E-state index contributed by atoms with van der Waals surface area (Å²) in [5, 5.41) is 4.15. The normalized spacial score (nSPS) is 20.4. The van der Waals surface area contributed by atoms with Gasteiger partial charge in [0.15, 0.2) is 4.90 Å². The number of hydrogen-bond acceptors (Lipinski definition) is 5. The van der Waals surface area contributed by atoms with Gasteiger partial charge in [-0.1, -0.05) is 15.9 Å². The highest BCUT2D eigenvalue weighted by Gasteiger charge is 2.27. The van der Waals surface area contributed by atoms with Gasteiger partial charge in [-0.15, -0.1) is 11.3 Å². The van der Waals surface area contributed by atoms with Crippen molar-refractivity contribution in [2.24, 2.45) is 0 Å². The Morgan fingerprint density at radius 3 is 2.60 bits per heavy atom. The predicted octanol–water partition coefficient (Wildman–Crippen LogP) is 6.25. The Morgan fingerprint density at radius 2 is 1.97 bits per heavy atom. The minimum atomic E-state index is -1.07. The number of ether oxygens (including phenoxy) is 1. The lowest BCUT2D eigenvalue weighted by atomic mass is 9.86. The van der Waals surface area contributed by atoms with Crippen molar-refractivity contribution in [3.63, 3.8) is 0 Å². The van der Waals surface area contributed by atoms with Crippen LogP contribution in [0.15, 0.2) is 33.8 Å². The second-order valence-electron chi connectivity index (χ2n) is 8.20. The third kappa shape index (κ3) is 5.99. The van der Waals surface area contributed by atoms with Crippen LogP contribution < -0.4 is 5.32 Å². The topological polar surface area (TPSA) is 74.3 Å². The van der Waals surface area contributed by atoms with Gasteiger partial charge in [0.25, 0.3) is 0 Å². The van der Waals surface area contributed by atoms with Gasteiger partial charge in [0, 0.05) is 34.3 Å². The molecule has 1 amide bonds. The molecule has 1 aromatic carbocycles. The van der Waals surface area contributed by atoms with E-state index in [4.69, 9.17) is 9.72 Å². The van der Waals surface area contributed by atoms with Gasteiger partial charge >= 0.3 is 6.09 Å². The van der Waals surface area contributed by atoms with E-state index in [9.17, 15) is 9.35 Å². The Bertz CT molecular complexity index is 864. The summed E-state index contributed by atoms with van der Waals surface area (Å²) >= 11 is 4.13. The average molecular weight is 514 g/mol. The smallest absolute Gasteiger partial charge is 0.407 e. The molecule has 1 unspecified atom stereocenters. The summed E-state index contributed by atoms with van der Waals surface area (Å²) in [7, 11) is 0. The molecular weight excluding hydrogens is 484 g/mol. The van der Waals surface area contributed by atoms with Crippen LogP contribution in [0.1, 0.15) is 64.3 Å². The van der Waals surface area contributed by atoms with Crippen molar-refractivity contribution in [2.45, 2.75) is 81.6 Å². The van der Waals surface area contributed by atoms with Crippen molar-refractivity contribution < 1.29 is 14.1 Å². The van der Waals surface area contributed by atoms with Gasteiger partial charge in [-0.2, -0.15) is 0 Å². The Labute approximate surface area is 194 Å². The van der Waals surface area contributed by atoms with Gasteiger partial charge < -0.3 is 14.6 Å². The van der Waals surface area contributed by atoms with Gasteiger partial charge in [-0.25, -0.2) is 9.78 Å². The van der Waals surface area contributed by atoms with Crippen LogP contribution in [0.4, 0.5) is 4.79 Å². The van der Waals surface area contributed by atoms with Crippen LogP contribution in [0.3, 0.4) is 0 Å². The van der Waals surface area contributed by atoms with Crippen LogP contribution >= 0.6 is 27.3 Å². The van der Waals surface area contributed by atoms with Crippen molar-refractivity contribution in [3.8, 4) is 10.4 Å². The van der Waals surface area contributed by atoms with Crippen LogP contribution in [0.25, 0.3) is 10.4 Å². The quantitative estimate of drug-likeness (QED) is 0.464. The zero-order valence-electron chi connectivity index (χ0n) is 17.8. The summed E-state index contributed by atoms with van der Waals surface area (Å²) in [6.07, 6.45) is 5.31. The molecule has 1 aliphatic rings. The highest BCUT2D eigenvalue weighted by atomic mass is 79.9.